The highest BCUT2D eigenvalue weighted by molar-refractivity contribution is 5.91. The number of phenols is 1. The average molecular weight is 403 g/mol. The highest BCUT2D eigenvalue weighted by Gasteiger charge is 2.27. The van der Waals surface area contributed by atoms with Crippen LogP contribution in [-0.2, 0) is 5.41 Å². The molecule has 2 N–H and O–H groups in total. The molecule has 0 fully saturated rings. The Labute approximate surface area is 179 Å². The molecule has 156 valence electrons. The molecular formula is C27H30O3. The molecule has 0 saturated heterocycles. The summed E-state index contributed by atoms with van der Waals surface area (Å²) in [5.41, 5.74) is 3.60. The van der Waals surface area contributed by atoms with Crippen LogP contribution in [0.2, 0.25) is 0 Å². The zero-order valence-electron chi connectivity index (χ0n) is 18.1. The van der Waals surface area contributed by atoms with Gasteiger partial charge in [0.05, 0.1) is 0 Å². The van der Waals surface area contributed by atoms with Gasteiger partial charge in [-0.2, -0.15) is 0 Å². The molecule has 0 radical (unpaired) electrons. The summed E-state index contributed by atoms with van der Waals surface area (Å²) in [4.78, 5) is 11.9. The Morgan fingerprint density at radius 3 is 1.93 bits per heavy atom. The van der Waals surface area contributed by atoms with E-state index in [0.717, 1.165) is 17.5 Å². The molecule has 0 amide bonds. The first-order valence-electron chi connectivity index (χ1n) is 10.4. The molecule has 3 aromatic rings. The van der Waals surface area contributed by atoms with Gasteiger partial charge in [0.1, 0.15) is 11.3 Å². The second-order valence-electron chi connectivity index (χ2n) is 9.03. The monoisotopic (exact) mass is 402 g/mol. The number of aromatic carboxylic acids is 1. The van der Waals surface area contributed by atoms with Crippen molar-refractivity contribution in [2.24, 2.45) is 0 Å². The minimum atomic E-state index is -1.11. The van der Waals surface area contributed by atoms with Crippen LogP contribution in [0, 0.1) is 0 Å². The summed E-state index contributed by atoms with van der Waals surface area (Å²) < 4.78 is 0. The van der Waals surface area contributed by atoms with Gasteiger partial charge in [0.15, 0.2) is 0 Å². The predicted molar refractivity (Wildman–Crippen MR) is 122 cm³/mol. The van der Waals surface area contributed by atoms with Gasteiger partial charge < -0.3 is 10.2 Å². The van der Waals surface area contributed by atoms with Gasteiger partial charge in [-0.3, -0.25) is 0 Å². The maximum absolute atomic E-state index is 11.9. The van der Waals surface area contributed by atoms with E-state index in [2.05, 4.69) is 39.8 Å². The van der Waals surface area contributed by atoms with E-state index in [1.807, 2.05) is 54.6 Å². The third-order valence-electron chi connectivity index (χ3n) is 5.77. The van der Waals surface area contributed by atoms with E-state index in [-0.39, 0.29) is 28.6 Å². The van der Waals surface area contributed by atoms with Crippen LogP contribution < -0.4 is 0 Å². The molecule has 0 aliphatic carbocycles. The molecule has 0 spiro atoms. The topological polar surface area (TPSA) is 57.5 Å². The lowest BCUT2D eigenvalue weighted by atomic mass is 9.77. The van der Waals surface area contributed by atoms with Crippen LogP contribution in [0.4, 0.5) is 0 Å². The molecule has 30 heavy (non-hydrogen) atoms. The SMILES string of the molecule is CC(CC(c1ccccc1)c1cc(C(C)(C)C)cc(C(=O)O)c1O)c1ccccc1. The van der Waals surface area contributed by atoms with Crippen molar-refractivity contribution < 1.29 is 15.0 Å². The van der Waals surface area contributed by atoms with Gasteiger partial charge in [-0.1, -0.05) is 94.4 Å². The van der Waals surface area contributed by atoms with E-state index in [0.29, 0.717) is 5.56 Å². The fraction of sp³-hybridized carbons (Fsp3) is 0.296. The van der Waals surface area contributed by atoms with Crippen molar-refractivity contribution in [3.63, 3.8) is 0 Å². The van der Waals surface area contributed by atoms with Crippen LogP contribution in [0.3, 0.4) is 0 Å². The van der Waals surface area contributed by atoms with Crippen molar-refractivity contribution in [3.05, 3.63) is 101 Å². The van der Waals surface area contributed by atoms with Crippen molar-refractivity contribution >= 4 is 5.97 Å². The number of carboxylic acids is 1. The molecular weight excluding hydrogens is 372 g/mol. The molecule has 0 saturated carbocycles. The van der Waals surface area contributed by atoms with Crippen LogP contribution in [0.25, 0.3) is 0 Å². The van der Waals surface area contributed by atoms with Crippen molar-refractivity contribution in [1.82, 2.24) is 0 Å². The van der Waals surface area contributed by atoms with Gasteiger partial charge in [-0.15, -0.1) is 0 Å². The third kappa shape index (κ3) is 4.73. The van der Waals surface area contributed by atoms with Crippen LogP contribution >= 0.6 is 0 Å². The molecule has 3 heteroatoms. The van der Waals surface area contributed by atoms with E-state index in [9.17, 15) is 15.0 Å². The highest BCUT2D eigenvalue weighted by Crippen LogP contribution is 2.42. The maximum atomic E-state index is 11.9. The Morgan fingerprint density at radius 2 is 1.43 bits per heavy atom. The number of benzene rings is 3. The molecule has 3 rings (SSSR count). The molecule has 0 aliphatic rings. The average Bonchev–Trinajstić information content (AvgIpc) is 2.72. The Morgan fingerprint density at radius 1 is 0.900 bits per heavy atom. The molecule has 0 aromatic heterocycles. The van der Waals surface area contributed by atoms with E-state index >= 15 is 0 Å². The molecule has 3 aromatic carbocycles. The summed E-state index contributed by atoms with van der Waals surface area (Å²) in [5.74, 6) is -1.13. The summed E-state index contributed by atoms with van der Waals surface area (Å²) in [6.45, 7) is 8.34. The Balaban J connectivity index is 2.16. The van der Waals surface area contributed by atoms with Crippen molar-refractivity contribution in [2.75, 3.05) is 0 Å². The van der Waals surface area contributed by atoms with Gasteiger partial charge in [0.2, 0.25) is 0 Å². The minimum Gasteiger partial charge on any atom is -0.507 e. The first-order chi connectivity index (χ1) is 14.2. The Bertz CT molecular complexity index is 1000. The second-order valence-corrected chi connectivity index (χ2v) is 9.03. The van der Waals surface area contributed by atoms with Crippen LogP contribution in [0.1, 0.15) is 78.6 Å². The smallest absolute Gasteiger partial charge is 0.339 e. The lowest BCUT2D eigenvalue weighted by Gasteiger charge is -2.27. The fourth-order valence-electron chi connectivity index (χ4n) is 3.92. The van der Waals surface area contributed by atoms with Gasteiger partial charge in [0.25, 0.3) is 0 Å². The Hall–Kier alpha value is -3.07. The number of hydrogen-bond acceptors (Lipinski definition) is 2. The zero-order chi connectivity index (χ0) is 21.9. The first-order valence-corrected chi connectivity index (χ1v) is 10.4. The van der Waals surface area contributed by atoms with Crippen molar-refractivity contribution in [3.8, 4) is 5.75 Å². The van der Waals surface area contributed by atoms with Crippen LogP contribution in [-0.4, -0.2) is 16.2 Å². The molecule has 2 atom stereocenters. The molecule has 0 bridgehead atoms. The van der Waals surface area contributed by atoms with Crippen molar-refractivity contribution in [1.29, 1.82) is 0 Å². The van der Waals surface area contributed by atoms with Gasteiger partial charge in [-0.05, 0) is 40.5 Å². The standard InChI is InChI=1S/C27H30O3/c1-18(19-11-7-5-8-12-19)15-22(20-13-9-6-10-14-20)23-16-21(27(2,3)4)17-24(25(23)28)26(29)30/h5-14,16-18,22,28H,15H2,1-4H3,(H,29,30). The van der Waals surface area contributed by atoms with E-state index in [1.165, 1.54) is 5.56 Å². The summed E-state index contributed by atoms with van der Waals surface area (Å²) in [6, 6.07) is 23.9. The van der Waals surface area contributed by atoms with Crippen molar-refractivity contribution in [2.45, 2.75) is 51.4 Å². The molecule has 3 nitrogen and oxygen atoms in total. The van der Waals surface area contributed by atoms with Gasteiger partial charge in [-0.25, -0.2) is 4.79 Å². The largest absolute Gasteiger partial charge is 0.507 e. The number of rotatable bonds is 6. The number of carboxylic acid groups (broad SMARTS) is 1. The van der Waals surface area contributed by atoms with Crippen LogP contribution in [0.5, 0.6) is 5.75 Å². The Kier molecular flexibility index (Phi) is 6.31. The minimum absolute atomic E-state index is 0.0364. The maximum Gasteiger partial charge on any atom is 0.339 e. The lowest BCUT2D eigenvalue weighted by Crippen LogP contribution is -2.15. The third-order valence-corrected chi connectivity index (χ3v) is 5.77. The molecule has 0 aliphatic heterocycles. The van der Waals surface area contributed by atoms with E-state index < -0.39 is 5.97 Å². The number of carbonyl (C=O) groups is 1. The summed E-state index contributed by atoms with van der Waals surface area (Å²) in [6.07, 6.45) is 0.758. The fourth-order valence-corrected chi connectivity index (χ4v) is 3.92. The highest BCUT2D eigenvalue weighted by atomic mass is 16.4. The van der Waals surface area contributed by atoms with E-state index in [1.54, 1.807) is 6.07 Å². The van der Waals surface area contributed by atoms with Gasteiger partial charge >= 0.3 is 5.97 Å². The molecule has 2 unspecified atom stereocenters. The quantitative estimate of drug-likeness (QED) is 0.481. The summed E-state index contributed by atoms with van der Waals surface area (Å²) in [5, 5.41) is 20.7. The summed E-state index contributed by atoms with van der Waals surface area (Å²) in [7, 11) is 0. The summed E-state index contributed by atoms with van der Waals surface area (Å²) >= 11 is 0. The first kappa shape index (κ1) is 21.6. The van der Waals surface area contributed by atoms with E-state index in [4.69, 9.17) is 0 Å². The predicted octanol–water partition coefficient (Wildman–Crippen LogP) is 6.71. The second kappa shape index (κ2) is 8.74. The van der Waals surface area contributed by atoms with Gasteiger partial charge in [0, 0.05) is 11.5 Å². The zero-order valence-corrected chi connectivity index (χ0v) is 18.1. The lowest BCUT2D eigenvalue weighted by molar-refractivity contribution is 0.0693. The number of hydrogen-bond donors (Lipinski definition) is 2. The van der Waals surface area contributed by atoms with Crippen LogP contribution in [0.15, 0.2) is 72.8 Å². The molecule has 0 heterocycles. The normalized spacial score (nSPS) is 13.6. The number of aromatic hydroxyl groups is 1.